The fourth-order valence-corrected chi connectivity index (χ4v) is 3.11. The number of hydrogen-bond donors (Lipinski definition) is 1. The summed E-state index contributed by atoms with van der Waals surface area (Å²) in [5.74, 6) is 1.35. The highest BCUT2D eigenvalue weighted by molar-refractivity contribution is 5.80. The number of anilines is 2. The molecular weight excluding hydrogens is 392 g/mol. The zero-order valence-corrected chi connectivity index (χ0v) is 17.4. The van der Waals surface area contributed by atoms with Gasteiger partial charge in [-0.25, -0.2) is 0 Å². The molecule has 2 aromatic heterocycles. The number of nitrogens with one attached hydrogen (secondary N) is 1. The van der Waals surface area contributed by atoms with E-state index in [0.29, 0.717) is 38.1 Å². The van der Waals surface area contributed by atoms with Crippen molar-refractivity contribution in [2.24, 2.45) is 5.10 Å². The second kappa shape index (κ2) is 10.4. The molecule has 8 heteroatoms. The molecule has 1 N–H and O–H groups in total. The van der Waals surface area contributed by atoms with E-state index in [4.69, 9.17) is 9.47 Å². The molecule has 4 rings (SSSR count). The molecule has 0 unspecified atom stereocenters. The molecule has 8 nitrogen and oxygen atoms in total. The summed E-state index contributed by atoms with van der Waals surface area (Å²) in [6, 6.07) is 17.7. The highest BCUT2D eigenvalue weighted by atomic mass is 16.5. The first-order chi connectivity index (χ1) is 15.3. The second-order valence-electron chi connectivity index (χ2n) is 7.06. The van der Waals surface area contributed by atoms with Gasteiger partial charge in [-0.1, -0.05) is 42.0 Å². The Morgan fingerprint density at radius 2 is 2.13 bits per heavy atom. The number of ether oxygens (including phenoxy) is 2. The molecule has 1 saturated heterocycles. The summed E-state index contributed by atoms with van der Waals surface area (Å²) in [4.78, 5) is 15.4. The summed E-state index contributed by atoms with van der Waals surface area (Å²) in [6.07, 6.45) is 3.99. The monoisotopic (exact) mass is 416 g/mol. The van der Waals surface area contributed by atoms with E-state index in [1.165, 1.54) is 5.56 Å². The van der Waals surface area contributed by atoms with Crippen LogP contribution in [0.15, 0.2) is 47.7 Å². The van der Waals surface area contributed by atoms with Crippen LogP contribution in [-0.4, -0.2) is 54.1 Å². The Hall–Kier alpha value is -3.70. The summed E-state index contributed by atoms with van der Waals surface area (Å²) in [7, 11) is 0. The number of benzene rings is 1. The number of aromatic nitrogens is 3. The maximum Gasteiger partial charge on any atom is 0.320 e. The molecule has 0 spiro atoms. The minimum Gasteiger partial charge on any atom is -0.463 e. The van der Waals surface area contributed by atoms with Gasteiger partial charge < -0.3 is 14.4 Å². The van der Waals surface area contributed by atoms with Gasteiger partial charge in [0, 0.05) is 31.6 Å². The molecule has 0 atom stereocenters. The van der Waals surface area contributed by atoms with E-state index in [2.05, 4.69) is 61.6 Å². The van der Waals surface area contributed by atoms with Gasteiger partial charge >= 0.3 is 6.01 Å². The topological polar surface area (TPSA) is 84.8 Å². The maximum absolute atomic E-state index is 5.83. The zero-order valence-electron chi connectivity index (χ0n) is 17.4. The molecule has 3 aromatic rings. The Morgan fingerprint density at radius 1 is 1.23 bits per heavy atom. The van der Waals surface area contributed by atoms with Gasteiger partial charge in [0.15, 0.2) is 5.82 Å². The van der Waals surface area contributed by atoms with Crippen LogP contribution in [0.1, 0.15) is 16.8 Å². The van der Waals surface area contributed by atoms with Crippen LogP contribution in [0.25, 0.3) is 0 Å². The van der Waals surface area contributed by atoms with Crippen LogP contribution in [-0.2, 0) is 11.2 Å². The normalized spacial score (nSPS) is 13.8. The zero-order chi connectivity index (χ0) is 21.3. The Labute approximate surface area is 182 Å². The van der Waals surface area contributed by atoms with Gasteiger partial charge in [-0.2, -0.15) is 15.1 Å². The quantitative estimate of drug-likeness (QED) is 0.446. The summed E-state index contributed by atoms with van der Waals surface area (Å²) in [5, 5.41) is 4.33. The van der Waals surface area contributed by atoms with E-state index in [0.717, 1.165) is 30.2 Å². The first-order valence-electron chi connectivity index (χ1n) is 10.2. The average molecular weight is 416 g/mol. The van der Waals surface area contributed by atoms with Crippen molar-refractivity contribution >= 4 is 17.9 Å². The van der Waals surface area contributed by atoms with Gasteiger partial charge in [0.05, 0.1) is 37.9 Å². The summed E-state index contributed by atoms with van der Waals surface area (Å²) < 4.78 is 11.3. The standard InChI is InChI=1S/C23H24N6O2/c1-18-5-4-6-19(15-18)17-25-28-21-16-22(29-10-13-30-14-11-29)27-23(26-21)31-12-8-20-7-2-3-9-24-20/h4-7,9,15-17H,8,10-14H2,1H3,(H,26,27,28)/b25-17+. The molecule has 0 aliphatic carbocycles. The van der Waals surface area contributed by atoms with Gasteiger partial charge in [0.25, 0.3) is 0 Å². The van der Waals surface area contributed by atoms with E-state index in [9.17, 15) is 0 Å². The van der Waals surface area contributed by atoms with Crippen molar-refractivity contribution in [2.75, 3.05) is 43.2 Å². The van der Waals surface area contributed by atoms with Crippen LogP contribution >= 0.6 is 0 Å². The third-order valence-corrected chi connectivity index (χ3v) is 4.67. The van der Waals surface area contributed by atoms with E-state index in [1.807, 2.05) is 18.2 Å². The predicted molar refractivity (Wildman–Crippen MR) is 119 cm³/mol. The number of morpholine rings is 1. The largest absolute Gasteiger partial charge is 0.463 e. The van der Waals surface area contributed by atoms with E-state index in [-0.39, 0.29) is 0 Å². The lowest BCUT2D eigenvalue weighted by atomic mass is 10.2. The molecule has 0 radical (unpaired) electrons. The number of hydrazone groups is 1. The summed E-state index contributed by atoms with van der Waals surface area (Å²) in [5.41, 5.74) is 6.07. The SMILES string of the molecule is Cc1cccc(/C=N/Nc2cc(N3CCOCC3)nc(OCCc3cc#ccn3)n2)c1. The van der Waals surface area contributed by atoms with Crippen molar-refractivity contribution in [3.8, 4) is 6.01 Å². The molecule has 1 aliphatic rings. The minimum absolute atomic E-state index is 0.295. The number of rotatable bonds is 8. The highest BCUT2D eigenvalue weighted by Gasteiger charge is 2.15. The van der Waals surface area contributed by atoms with Crippen LogP contribution in [0, 0.1) is 19.1 Å². The number of hydrogen-bond acceptors (Lipinski definition) is 8. The molecule has 158 valence electrons. The Morgan fingerprint density at radius 3 is 2.94 bits per heavy atom. The predicted octanol–water partition coefficient (Wildman–Crippen LogP) is 2.68. The van der Waals surface area contributed by atoms with Gasteiger partial charge in [-0.05, 0) is 12.5 Å². The Kier molecular flexibility index (Phi) is 6.88. The van der Waals surface area contributed by atoms with Crippen LogP contribution < -0.4 is 15.1 Å². The van der Waals surface area contributed by atoms with Crippen LogP contribution in [0.5, 0.6) is 6.01 Å². The average Bonchev–Trinajstić information content (AvgIpc) is 2.80. The Bertz CT molecular complexity index is 1010. The van der Waals surface area contributed by atoms with Crippen molar-refractivity contribution < 1.29 is 9.47 Å². The maximum atomic E-state index is 5.83. The molecule has 0 saturated carbocycles. The smallest absolute Gasteiger partial charge is 0.320 e. The number of nitrogens with zero attached hydrogens (tertiary/aromatic N) is 5. The van der Waals surface area contributed by atoms with Crippen molar-refractivity contribution in [3.05, 3.63) is 71.5 Å². The van der Waals surface area contributed by atoms with Crippen molar-refractivity contribution in [2.45, 2.75) is 13.3 Å². The second-order valence-corrected chi connectivity index (χ2v) is 7.06. The van der Waals surface area contributed by atoms with Gasteiger partial charge in [-0.3, -0.25) is 10.4 Å². The third-order valence-electron chi connectivity index (χ3n) is 4.67. The first kappa shape index (κ1) is 20.6. The summed E-state index contributed by atoms with van der Waals surface area (Å²) in [6.45, 7) is 5.33. The molecule has 31 heavy (non-hydrogen) atoms. The van der Waals surface area contributed by atoms with Crippen LogP contribution in [0.3, 0.4) is 0 Å². The molecule has 1 aromatic carbocycles. The lowest BCUT2D eigenvalue weighted by Gasteiger charge is -2.28. The van der Waals surface area contributed by atoms with Crippen LogP contribution in [0.4, 0.5) is 11.6 Å². The lowest BCUT2D eigenvalue weighted by molar-refractivity contribution is 0.122. The van der Waals surface area contributed by atoms with E-state index < -0.39 is 0 Å². The fourth-order valence-electron chi connectivity index (χ4n) is 3.11. The van der Waals surface area contributed by atoms with Crippen molar-refractivity contribution in [1.29, 1.82) is 0 Å². The molecule has 0 amide bonds. The highest BCUT2D eigenvalue weighted by Crippen LogP contribution is 2.20. The van der Waals surface area contributed by atoms with Crippen LogP contribution in [0.2, 0.25) is 0 Å². The molecule has 1 fully saturated rings. The van der Waals surface area contributed by atoms with Gasteiger partial charge in [-0.15, -0.1) is 0 Å². The summed E-state index contributed by atoms with van der Waals surface area (Å²) >= 11 is 0. The van der Waals surface area contributed by atoms with Crippen molar-refractivity contribution in [3.63, 3.8) is 0 Å². The molecule has 3 heterocycles. The third kappa shape index (κ3) is 6.14. The Balaban J connectivity index is 1.46. The minimum atomic E-state index is 0.295. The number of aryl methyl sites for hydroxylation is 1. The van der Waals surface area contributed by atoms with Gasteiger partial charge in [0.2, 0.25) is 0 Å². The first-order valence-corrected chi connectivity index (χ1v) is 10.2. The van der Waals surface area contributed by atoms with Gasteiger partial charge in [0.1, 0.15) is 5.82 Å². The molecular formula is C23H24N6O2. The lowest BCUT2D eigenvalue weighted by Crippen LogP contribution is -2.36. The molecule has 1 aliphatic heterocycles. The van der Waals surface area contributed by atoms with E-state index in [1.54, 1.807) is 18.5 Å². The fraction of sp³-hybridized carbons (Fsp3) is 0.304. The molecule has 0 bridgehead atoms. The van der Waals surface area contributed by atoms with Crippen molar-refractivity contribution in [1.82, 2.24) is 15.0 Å². The van der Waals surface area contributed by atoms with E-state index >= 15 is 0 Å².